The standard InChI is InChI=1S/C12H16N2O3/c1-3-11(17-9-15)8-13-14-10-4-6-12(16-2)7-5-10/h4-9,11,14H,3H2,1-2H3. The largest absolute Gasteiger partial charge is 0.497 e. The van der Waals surface area contributed by atoms with Crippen molar-refractivity contribution in [3.63, 3.8) is 0 Å². The zero-order valence-corrected chi connectivity index (χ0v) is 9.92. The molecule has 1 rings (SSSR count). The Hall–Kier alpha value is -2.04. The van der Waals surface area contributed by atoms with Crippen LogP contribution in [-0.4, -0.2) is 25.9 Å². The predicted molar refractivity (Wildman–Crippen MR) is 66.3 cm³/mol. The Morgan fingerprint density at radius 2 is 2.12 bits per heavy atom. The number of benzene rings is 1. The number of hydrogen-bond donors (Lipinski definition) is 1. The molecule has 1 N–H and O–H groups in total. The molecule has 0 saturated heterocycles. The maximum absolute atomic E-state index is 10.2. The van der Waals surface area contributed by atoms with Crippen LogP contribution in [0.1, 0.15) is 13.3 Å². The average molecular weight is 236 g/mol. The summed E-state index contributed by atoms with van der Waals surface area (Å²) in [5.41, 5.74) is 3.67. The quantitative estimate of drug-likeness (QED) is 0.447. The number of methoxy groups -OCH3 is 1. The third kappa shape index (κ3) is 4.55. The number of nitrogens with zero attached hydrogens (tertiary/aromatic N) is 1. The van der Waals surface area contributed by atoms with Crippen molar-refractivity contribution in [3.05, 3.63) is 24.3 Å². The second-order valence-corrected chi connectivity index (χ2v) is 3.30. The van der Waals surface area contributed by atoms with E-state index in [0.717, 1.165) is 11.4 Å². The van der Waals surface area contributed by atoms with Gasteiger partial charge in [0, 0.05) is 0 Å². The summed E-state index contributed by atoms with van der Waals surface area (Å²) in [5, 5.41) is 3.99. The molecule has 0 fully saturated rings. The predicted octanol–water partition coefficient (Wildman–Crippen LogP) is 2.04. The minimum atomic E-state index is -0.293. The third-order valence-corrected chi connectivity index (χ3v) is 2.16. The van der Waals surface area contributed by atoms with Crippen LogP contribution in [0.2, 0.25) is 0 Å². The van der Waals surface area contributed by atoms with E-state index in [9.17, 15) is 4.79 Å². The number of anilines is 1. The van der Waals surface area contributed by atoms with Gasteiger partial charge in [0.25, 0.3) is 6.47 Å². The number of hydrogen-bond acceptors (Lipinski definition) is 5. The molecule has 92 valence electrons. The van der Waals surface area contributed by atoms with Crippen LogP contribution < -0.4 is 10.2 Å². The normalized spacial score (nSPS) is 12.1. The van der Waals surface area contributed by atoms with Gasteiger partial charge in [-0.15, -0.1) is 0 Å². The van der Waals surface area contributed by atoms with E-state index in [1.165, 1.54) is 0 Å². The molecule has 1 atom stereocenters. The van der Waals surface area contributed by atoms with Gasteiger partial charge in [0.05, 0.1) is 19.0 Å². The molecule has 1 aromatic rings. The summed E-state index contributed by atoms with van der Waals surface area (Å²) in [5.74, 6) is 0.787. The molecule has 0 aliphatic carbocycles. The minimum absolute atomic E-state index is 0.293. The maximum atomic E-state index is 10.2. The number of hydrazone groups is 1. The smallest absolute Gasteiger partial charge is 0.293 e. The van der Waals surface area contributed by atoms with Crippen LogP contribution >= 0.6 is 0 Å². The first-order valence-corrected chi connectivity index (χ1v) is 5.32. The van der Waals surface area contributed by atoms with E-state index >= 15 is 0 Å². The summed E-state index contributed by atoms with van der Waals surface area (Å²) in [6, 6.07) is 7.35. The lowest BCUT2D eigenvalue weighted by atomic mass is 10.3. The lowest BCUT2D eigenvalue weighted by Gasteiger charge is -2.06. The van der Waals surface area contributed by atoms with Gasteiger partial charge in [0.1, 0.15) is 11.9 Å². The molecular formula is C12H16N2O3. The molecule has 0 aliphatic rings. The van der Waals surface area contributed by atoms with Crippen LogP contribution in [0.25, 0.3) is 0 Å². The van der Waals surface area contributed by atoms with E-state index in [2.05, 4.69) is 10.5 Å². The van der Waals surface area contributed by atoms with Crippen molar-refractivity contribution >= 4 is 18.4 Å². The van der Waals surface area contributed by atoms with Gasteiger partial charge in [0.2, 0.25) is 0 Å². The summed E-state index contributed by atoms with van der Waals surface area (Å²) in [7, 11) is 1.61. The van der Waals surface area contributed by atoms with Crippen molar-refractivity contribution in [2.75, 3.05) is 12.5 Å². The zero-order chi connectivity index (χ0) is 12.5. The van der Waals surface area contributed by atoms with Crippen molar-refractivity contribution in [2.45, 2.75) is 19.4 Å². The summed E-state index contributed by atoms with van der Waals surface area (Å²) in [6.07, 6.45) is 1.95. The van der Waals surface area contributed by atoms with Crippen molar-refractivity contribution in [2.24, 2.45) is 5.10 Å². The Labute approximate surface area is 100 Å². The van der Waals surface area contributed by atoms with E-state index in [0.29, 0.717) is 12.9 Å². The van der Waals surface area contributed by atoms with Crippen LogP contribution in [0.4, 0.5) is 5.69 Å². The van der Waals surface area contributed by atoms with E-state index in [-0.39, 0.29) is 6.10 Å². The Kier molecular flexibility index (Phi) is 5.57. The maximum Gasteiger partial charge on any atom is 0.293 e. The fourth-order valence-electron chi connectivity index (χ4n) is 1.17. The number of carbonyl (C=O) groups excluding carboxylic acids is 1. The van der Waals surface area contributed by atoms with Crippen LogP contribution in [0, 0.1) is 0 Å². The van der Waals surface area contributed by atoms with Crippen LogP contribution in [0.3, 0.4) is 0 Å². The van der Waals surface area contributed by atoms with Gasteiger partial charge in [-0.1, -0.05) is 6.92 Å². The van der Waals surface area contributed by atoms with Gasteiger partial charge < -0.3 is 9.47 Å². The molecule has 0 radical (unpaired) electrons. The first-order chi connectivity index (χ1) is 8.30. The minimum Gasteiger partial charge on any atom is -0.497 e. The highest BCUT2D eigenvalue weighted by Gasteiger charge is 2.00. The molecule has 5 heteroatoms. The molecular weight excluding hydrogens is 220 g/mol. The van der Waals surface area contributed by atoms with Crippen molar-refractivity contribution in [1.82, 2.24) is 0 Å². The van der Waals surface area contributed by atoms with Crippen LogP contribution in [-0.2, 0) is 9.53 Å². The topological polar surface area (TPSA) is 59.9 Å². The second-order valence-electron chi connectivity index (χ2n) is 3.30. The van der Waals surface area contributed by atoms with Crippen LogP contribution in [0.5, 0.6) is 5.75 Å². The van der Waals surface area contributed by atoms with Gasteiger partial charge in [0.15, 0.2) is 0 Å². The summed E-state index contributed by atoms with van der Waals surface area (Å²) in [4.78, 5) is 10.2. The average Bonchev–Trinajstić information content (AvgIpc) is 2.38. The number of rotatable bonds is 7. The fraction of sp³-hybridized carbons (Fsp3) is 0.333. The molecule has 0 amide bonds. The number of carbonyl (C=O) groups is 1. The molecule has 0 aromatic heterocycles. The fourth-order valence-corrected chi connectivity index (χ4v) is 1.17. The Morgan fingerprint density at radius 3 is 2.65 bits per heavy atom. The van der Waals surface area contributed by atoms with E-state index in [1.54, 1.807) is 13.3 Å². The molecule has 0 bridgehead atoms. The highest BCUT2D eigenvalue weighted by molar-refractivity contribution is 5.66. The van der Waals surface area contributed by atoms with Gasteiger partial charge in [-0.3, -0.25) is 10.2 Å². The summed E-state index contributed by atoms with van der Waals surface area (Å²) < 4.78 is 9.81. The van der Waals surface area contributed by atoms with E-state index in [4.69, 9.17) is 9.47 Å². The highest BCUT2D eigenvalue weighted by Crippen LogP contribution is 2.14. The molecule has 0 heterocycles. The Bertz CT molecular complexity index is 363. The Morgan fingerprint density at radius 1 is 1.41 bits per heavy atom. The third-order valence-electron chi connectivity index (χ3n) is 2.16. The Balaban J connectivity index is 2.47. The first-order valence-electron chi connectivity index (χ1n) is 5.32. The second kappa shape index (κ2) is 7.27. The summed E-state index contributed by atoms with van der Waals surface area (Å²) >= 11 is 0. The molecule has 1 unspecified atom stereocenters. The zero-order valence-electron chi connectivity index (χ0n) is 9.92. The van der Waals surface area contributed by atoms with E-state index < -0.39 is 0 Å². The molecule has 0 saturated carbocycles. The first kappa shape index (κ1) is 13.0. The molecule has 1 aromatic carbocycles. The lowest BCUT2D eigenvalue weighted by Crippen LogP contribution is -2.12. The van der Waals surface area contributed by atoms with Crippen LogP contribution in [0.15, 0.2) is 29.4 Å². The monoisotopic (exact) mass is 236 g/mol. The van der Waals surface area contributed by atoms with Gasteiger partial charge in [-0.2, -0.15) is 5.10 Å². The number of ether oxygens (including phenoxy) is 2. The number of nitrogens with one attached hydrogen (secondary N) is 1. The van der Waals surface area contributed by atoms with Gasteiger partial charge >= 0.3 is 0 Å². The molecule has 5 nitrogen and oxygen atoms in total. The van der Waals surface area contributed by atoms with Gasteiger partial charge in [-0.05, 0) is 30.7 Å². The summed E-state index contributed by atoms with van der Waals surface area (Å²) in [6.45, 7) is 2.33. The van der Waals surface area contributed by atoms with Gasteiger partial charge in [-0.25, -0.2) is 0 Å². The van der Waals surface area contributed by atoms with Crippen molar-refractivity contribution in [3.8, 4) is 5.75 Å². The lowest BCUT2D eigenvalue weighted by molar-refractivity contribution is -0.130. The SMILES string of the molecule is CCC(C=NNc1ccc(OC)cc1)OC=O. The molecule has 17 heavy (non-hydrogen) atoms. The molecule has 0 spiro atoms. The van der Waals surface area contributed by atoms with E-state index in [1.807, 2.05) is 31.2 Å². The van der Waals surface area contributed by atoms with Crippen molar-refractivity contribution in [1.29, 1.82) is 0 Å². The van der Waals surface area contributed by atoms with Crippen molar-refractivity contribution < 1.29 is 14.3 Å². The molecule has 0 aliphatic heterocycles. The highest BCUT2D eigenvalue weighted by atomic mass is 16.5.